The zero-order valence-corrected chi connectivity index (χ0v) is 13.5. The predicted molar refractivity (Wildman–Crippen MR) is 69.1 cm³/mol. The molecule has 23 heavy (non-hydrogen) atoms. The van der Waals surface area contributed by atoms with Crippen LogP contribution >= 0.6 is 0 Å². The minimum Gasteiger partial charge on any atom is -0.478 e. The number of hydrogen-bond donors (Lipinski definition) is 1. The summed E-state index contributed by atoms with van der Waals surface area (Å²) < 4.78 is 36.0. The summed E-state index contributed by atoms with van der Waals surface area (Å²) in [6, 6.07) is 11.1. The molecule has 0 spiro atoms. The largest absolute Gasteiger partial charge is 0.478 e. The van der Waals surface area contributed by atoms with Gasteiger partial charge >= 0.3 is 5.97 Å². The van der Waals surface area contributed by atoms with Gasteiger partial charge < -0.3 is 5.11 Å². The Labute approximate surface area is 135 Å². The van der Waals surface area contributed by atoms with Crippen molar-refractivity contribution in [3.63, 3.8) is 0 Å². The molecule has 0 radical (unpaired) electrons. The highest BCUT2D eigenvalue weighted by atomic mass is 35.7. The van der Waals surface area contributed by atoms with E-state index in [0.29, 0.717) is 5.56 Å². The number of hydrogen-bond acceptors (Lipinski definition) is 5. The molecule has 1 aromatic heterocycles. The number of nitrogens with zero attached hydrogens (tertiary/aromatic N) is 1. The lowest BCUT2D eigenvalue weighted by Gasteiger charge is -2.17. The molecule has 0 bridgehead atoms. The van der Waals surface area contributed by atoms with Crippen LogP contribution in [0.25, 0.3) is 5.69 Å². The van der Waals surface area contributed by atoms with Crippen LogP contribution in [0.15, 0.2) is 36.4 Å². The Morgan fingerprint density at radius 3 is 1.91 bits per heavy atom. The van der Waals surface area contributed by atoms with Gasteiger partial charge in [-0.15, -0.1) is 10.2 Å². The highest BCUT2D eigenvalue weighted by Gasteiger charge is 2.16. The van der Waals surface area contributed by atoms with E-state index in [-0.39, 0.29) is 0 Å². The van der Waals surface area contributed by atoms with E-state index in [2.05, 4.69) is 23.6 Å². The number of aryl methyl sites for hydroxylation is 3. The maximum absolute atomic E-state index is 11.0. The fourth-order valence-electron chi connectivity index (χ4n) is 2.29. The molecule has 7 nitrogen and oxygen atoms in total. The Morgan fingerprint density at radius 2 is 1.48 bits per heavy atom. The van der Waals surface area contributed by atoms with Gasteiger partial charge in [0, 0.05) is 38.1 Å². The molecule has 1 N–H and O–H groups in total. The monoisotopic (exact) mass is 341 g/mol. The van der Waals surface area contributed by atoms with E-state index >= 15 is 0 Å². The third kappa shape index (κ3) is 6.31. The first kappa shape index (κ1) is 19.0. The number of pyridine rings is 1. The fraction of sp³-hybridized carbons (Fsp3) is 0.200. The number of benzene rings is 1. The second kappa shape index (κ2) is 7.49. The van der Waals surface area contributed by atoms with Gasteiger partial charge in [0.05, 0.1) is 5.56 Å². The second-order valence-corrected chi connectivity index (χ2v) is 5.64. The van der Waals surface area contributed by atoms with Crippen molar-refractivity contribution in [2.75, 3.05) is 0 Å². The molecule has 0 unspecified atom stereocenters. The lowest BCUT2D eigenvalue weighted by molar-refractivity contribution is -2.00. The summed E-state index contributed by atoms with van der Waals surface area (Å²) in [7, 11) is -4.94. The summed E-state index contributed by atoms with van der Waals surface area (Å²) in [5.74, 6) is -0.903. The van der Waals surface area contributed by atoms with Gasteiger partial charge in [0.15, 0.2) is 11.4 Å². The number of halogens is 1. The van der Waals surface area contributed by atoms with Crippen molar-refractivity contribution in [1.82, 2.24) is 0 Å². The molecule has 2 rings (SSSR count). The van der Waals surface area contributed by atoms with Gasteiger partial charge in [-0.3, -0.25) is 0 Å². The quantitative estimate of drug-likeness (QED) is 0.618. The van der Waals surface area contributed by atoms with Crippen LogP contribution in [0.5, 0.6) is 0 Å². The van der Waals surface area contributed by atoms with E-state index in [1.165, 1.54) is 5.56 Å². The topological polar surface area (TPSA) is 133 Å². The molecule has 0 aliphatic heterocycles. The Kier molecular flexibility index (Phi) is 6.20. The summed E-state index contributed by atoms with van der Waals surface area (Å²) in [5.41, 5.74) is 4.57. The first-order chi connectivity index (χ1) is 10.5. The number of carbonyl (C=O) groups is 1. The van der Waals surface area contributed by atoms with Crippen molar-refractivity contribution in [2.24, 2.45) is 0 Å². The van der Waals surface area contributed by atoms with Crippen molar-refractivity contribution in [3.8, 4) is 5.69 Å². The zero-order chi connectivity index (χ0) is 17.8. The first-order valence-electron chi connectivity index (χ1n) is 6.44. The van der Waals surface area contributed by atoms with Gasteiger partial charge in [-0.1, -0.05) is 6.07 Å². The van der Waals surface area contributed by atoms with Gasteiger partial charge in [0.25, 0.3) is 0 Å². The third-order valence-corrected chi connectivity index (χ3v) is 2.93. The van der Waals surface area contributed by atoms with Gasteiger partial charge in [-0.05, 0) is 18.6 Å². The van der Waals surface area contributed by atoms with E-state index in [9.17, 15) is 4.79 Å². The molecule has 8 heteroatoms. The van der Waals surface area contributed by atoms with Gasteiger partial charge in [-0.2, -0.15) is 4.57 Å². The minimum absolute atomic E-state index is 0.305. The van der Waals surface area contributed by atoms with Crippen molar-refractivity contribution >= 4 is 5.97 Å². The van der Waals surface area contributed by atoms with Crippen molar-refractivity contribution in [1.29, 1.82) is 0 Å². The van der Waals surface area contributed by atoms with Crippen molar-refractivity contribution < 1.29 is 43.3 Å². The number of aromatic nitrogens is 1. The molecule has 2 aromatic rings. The maximum Gasteiger partial charge on any atom is 0.335 e. The van der Waals surface area contributed by atoms with Crippen LogP contribution in [-0.4, -0.2) is 11.1 Å². The average molecular weight is 342 g/mol. The number of rotatable bonds is 2. The third-order valence-electron chi connectivity index (χ3n) is 2.93. The van der Waals surface area contributed by atoms with Gasteiger partial charge in [-0.25, -0.2) is 23.4 Å². The first-order valence-corrected chi connectivity index (χ1v) is 7.68. The number of aromatic carboxylic acids is 1. The second-order valence-electron chi connectivity index (χ2n) is 4.88. The molecule has 0 aliphatic carbocycles. The van der Waals surface area contributed by atoms with Crippen LogP contribution in [0.2, 0.25) is 0 Å². The lowest BCUT2D eigenvalue weighted by Crippen LogP contribution is -2.68. The molecule has 0 fully saturated rings. The highest BCUT2D eigenvalue weighted by molar-refractivity contribution is 5.88. The van der Waals surface area contributed by atoms with Crippen LogP contribution in [0.1, 0.15) is 27.3 Å². The fourth-order valence-corrected chi connectivity index (χ4v) is 2.29. The van der Waals surface area contributed by atoms with Gasteiger partial charge in [0.2, 0.25) is 5.69 Å². The molecule has 0 atom stereocenters. The molecular formula is C15H16ClNO6. The smallest absolute Gasteiger partial charge is 0.335 e. The number of carboxylic acids is 1. The normalized spacial score (nSPS) is 10.7. The van der Waals surface area contributed by atoms with Crippen LogP contribution in [0.3, 0.4) is 0 Å². The van der Waals surface area contributed by atoms with Crippen LogP contribution in [-0.2, 0) is 0 Å². The lowest BCUT2D eigenvalue weighted by atomic mass is 10.1. The molecule has 0 saturated heterocycles. The van der Waals surface area contributed by atoms with E-state index in [1.54, 1.807) is 18.2 Å². The van der Waals surface area contributed by atoms with Crippen molar-refractivity contribution in [2.45, 2.75) is 20.8 Å². The minimum atomic E-state index is -4.94. The SMILES string of the molecule is Cc1cc(C)[n+](-c2cccc(C(=O)O)c2)c(C)c1.[O-][Cl+3]([O-])([O-])[O-]. The molecule has 0 aliphatic rings. The standard InChI is InChI=1S/C15H15NO2.ClHO4/c1-10-7-11(2)16(12(3)8-10)14-6-4-5-13(9-14)15(17)18;2-1(3,4)5/h4-9H,1-3H3;(H,2,3,4,5). The Bertz CT molecular complexity index is 682. The van der Waals surface area contributed by atoms with E-state index < -0.39 is 16.2 Å². The maximum atomic E-state index is 11.0. The molecule has 1 heterocycles. The molecule has 0 saturated carbocycles. The summed E-state index contributed by atoms with van der Waals surface area (Å²) in [6.07, 6.45) is 0. The van der Waals surface area contributed by atoms with Crippen LogP contribution in [0, 0.1) is 31.0 Å². The van der Waals surface area contributed by atoms with E-state index in [4.69, 9.17) is 23.7 Å². The molecule has 124 valence electrons. The van der Waals surface area contributed by atoms with E-state index in [0.717, 1.165) is 17.1 Å². The predicted octanol–water partition coefficient (Wildman–Crippen LogP) is -2.17. The number of carboxylic acid groups (broad SMARTS) is 1. The van der Waals surface area contributed by atoms with Crippen LogP contribution in [0.4, 0.5) is 0 Å². The summed E-state index contributed by atoms with van der Waals surface area (Å²) in [6.45, 7) is 6.10. The molecular weight excluding hydrogens is 326 g/mol. The van der Waals surface area contributed by atoms with Gasteiger partial charge in [0.1, 0.15) is 0 Å². The molecule has 1 aromatic carbocycles. The Morgan fingerprint density at radius 1 is 1.00 bits per heavy atom. The molecule has 0 amide bonds. The Hall–Kier alpha value is -2.03. The van der Waals surface area contributed by atoms with E-state index in [1.807, 2.05) is 19.9 Å². The summed E-state index contributed by atoms with van der Waals surface area (Å²) in [4.78, 5) is 11.0. The summed E-state index contributed by atoms with van der Waals surface area (Å²) >= 11 is 0. The Balaban J connectivity index is 0.000000463. The van der Waals surface area contributed by atoms with Crippen molar-refractivity contribution in [3.05, 3.63) is 58.9 Å². The average Bonchev–Trinajstić information content (AvgIpc) is 2.35. The zero-order valence-electron chi connectivity index (χ0n) is 12.8. The highest BCUT2D eigenvalue weighted by Crippen LogP contribution is 2.09. The van der Waals surface area contributed by atoms with Crippen LogP contribution < -0.4 is 23.2 Å². The summed E-state index contributed by atoms with van der Waals surface area (Å²) in [5, 5.41) is 9.03.